The molecular formula is C18H18N4OS. The van der Waals surface area contributed by atoms with E-state index in [2.05, 4.69) is 38.6 Å². The van der Waals surface area contributed by atoms with Crippen LogP contribution in [0.15, 0.2) is 54.2 Å². The maximum absolute atomic E-state index is 5.92. The van der Waals surface area contributed by atoms with E-state index in [1.807, 2.05) is 36.9 Å². The van der Waals surface area contributed by atoms with Gasteiger partial charge in [-0.05, 0) is 17.4 Å². The molecule has 122 valence electrons. The zero-order valence-corrected chi connectivity index (χ0v) is 14.2. The van der Waals surface area contributed by atoms with Crippen molar-refractivity contribution in [1.82, 2.24) is 19.5 Å². The summed E-state index contributed by atoms with van der Waals surface area (Å²) in [5.74, 6) is 2.84. The van der Waals surface area contributed by atoms with Crippen molar-refractivity contribution in [1.29, 1.82) is 0 Å². The summed E-state index contributed by atoms with van der Waals surface area (Å²) in [6.07, 6.45) is 8.46. The fourth-order valence-corrected chi connectivity index (χ4v) is 3.47. The van der Waals surface area contributed by atoms with Gasteiger partial charge < -0.3 is 9.30 Å². The van der Waals surface area contributed by atoms with E-state index in [-0.39, 0.29) is 6.04 Å². The van der Waals surface area contributed by atoms with E-state index in [1.54, 1.807) is 11.8 Å². The van der Waals surface area contributed by atoms with Crippen molar-refractivity contribution in [3.63, 3.8) is 0 Å². The molecule has 6 heteroatoms. The molecule has 1 aromatic carbocycles. The van der Waals surface area contributed by atoms with Crippen molar-refractivity contribution >= 4 is 11.8 Å². The number of thioether (sulfide) groups is 1. The van der Waals surface area contributed by atoms with E-state index in [9.17, 15) is 0 Å². The van der Waals surface area contributed by atoms with Gasteiger partial charge in [0.1, 0.15) is 18.2 Å². The van der Waals surface area contributed by atoms with Crippen molar-refractivity contribution in [2.45, 2.75) is 24.5 Å². The van der Waals surface area contributed by atoms with E-state index < -0.39 is 0 Å². The molecule has 4 rings (SSSR count). The molecule has 1 aliphatic heterocycles. The van der Waals surface area contributed by atoms with Crippen LogP contribution in [-0.4, -0.2) is 31.9 Å². The van der Waals surface area contributed by atoms with Crippen molar-refractivity contribution in [3.8, 4) is 17.1 Å². The fraction of sp³-hybridized carbons (Fsp3) is 0.278. The summed E-state index contributed by atoms with van der Waals surface area (Å²) in [7, 11) is 0. The third-order valence-electron chi connectivity index (χ3n) is 4.08. The number of para-hydroxylation sites is 1. The molecule has 3 heterocycles. The zero-order chi connectivity index (χ0) is 16.4. The summed E-state index contributed by atoms with van der Waals surface area (Å²) in [5, 5.41) is 0.800. The second-order valence-corrected chi connectivity index (χ2v) is 6.85. The second kappa shape index (κ2) is 6.65. The molecule has 3 aromatic rings. The number of aromatic nitrogens is 4. The summed E-state index contributed by atoms with van der Waals surface area (Å²) in [5.41, 5.74) is 2.17. The molecule has 0 bridgehead atoms. The van der Waals surface area contributed by atoms with Gasteiger partial charge in [0.05, 0.1) is 11.6 Å². The Labute approximate surface area is 145 Å². The van der Waals surface area contributed by atoms with Crippen LogP contribution in [-0.2, 0) is 6.42 Å². The Morgan fingerprint density at radius 3 is 2.88 bits per heavy atom. The molecule has 0 spiro atoms. The molecule has 5 nitrogen and oxygen atoms in total. The highest BCUT2D eigenvalue weighted by molar-refractivity contribution is 7.99. The van der Waals surface area contributed by atoms with Crippen LogP contribution < -0.4 is 4.74 Å². The third-order valence-corrected chi connectivity index (χ3v) is 4.84. The van der Waals surface area contributed by atoms with Crippen LogP contribution in [0.2, 0.25) is 0 Å². The summed E-state index contributed by atoms with van der Waals surface area (Å²) >= 11 is 1.64. The lowest BCUT2D eigenvalue weighted by Crippen LogP contribution is -2.24. The number of benzene rings is 1. The van der Waals surface area contributed by atoms with Gasteiger partial charge in [-0.25, -0.2) is 15.0 Å². The minimum Gasteiger partial charge on any atom is -0.491 e. The third kappa shape index (κ3) is 2.89. The van der Waals surface area contributed by atoms with Crippen molar-refractivity contribution in [2.75, 3.05) is 12.4 Å². The minimum atomic E-state index is 0.224. The first-order chi connectivity index (χ1) is 11.8. The number of hydrogen-bond acceptors (Lipinski definition) is 5. The topological polar surface area (TPSA) is 52.8 Å². The number of imidazole rings is 1. The first-order valence-corrected chi connectivity index (χ1v) is 9.02. The molecule has 0 amide bonds. The van der Waals surface area contributed by atoms with Gasteiger partial charge in [0.2, 0.25) is 0 Å². The van der Waals surface area contributed by atoms with Crippen LogP contribution >= 0.6 is 11.8 Å². The minimum absolute atomic E-state index is 0.224. The highest BCUT2D eigenvalue weighted by Crippen LogP contribution is 2.31. The number of nitrogens with zero attached hydrogens (tertiary/aromatic N) is 4. The standard InChI is InChI=1S/C18H18N4OS/c1-2-24-18-20-10-14(11-21-18)17-19-7-8-22(17)15-9-13-5-3-4-6-16(13)23-12-15/h3-8,10-11,15H,2,9,12H2,1H3/t15-/m0/s1. The highest BCUT2D eigenvalue weighted by atomic mass is 32.2. The maximum atomic E-state index is 5.92. The lowest BCUT2D eigenvalue weighted by atomic mass is 10.0. The van der Waals surface area contributed by atoms with Crippen LogP contribution in [0.1, 0.15) is 18.5 Å². The molecule has 0 unspecified atom stereocenters. The molecule has 24 heavy (non-hydrogen) atoms. The molecule has 2 aromatic heterocycles. The summed E-state index contributed by atoms with van der Waals surface area (Å²) < 4.78 is 8.09. The Morgan fingerprint density at radius 2 is 2.04 bits per heavy atom. The Morgan fingerprint density at radius 1 is 1.21 bits per heavy atom. The van der Waals surface area contributed by atoms with Crippen LogP contribution in [0.3, 0.4) is 0 Å². The predicted molar refractivity (Wildman–Crippen MR) is 94.3 cm³/mol. The number of rotatable bonds is 4. The molecule has 0 fully saturated rings. The quantitative estimate of drug-likeness (QED) is 0.537. The van der Waals surface area contributed by atoms with Gasteiger partial charge in [0, 0.05) is 31.2 Å². The van der Waals surface area contributed by atoms with Gasteiger partial charge in [-0.3, -0.25) is 0 Å². The lowest BCUT2D eigenvalue weighted by Gasteiger charge is -2.27. The molecule has 0 aliphatic carbocycles. The Balaban J connectivity index is 1.61. The highest BCUT2D eigenvalue weighted by Gasteiger charge is 2.23. The molecule has 0 saturated heterocycles. The van der Waals surface area contributed by atoms with Gasteiger partial charge >= 0.3 is 0 Å². The summed E-state index contributed by atoms with van der Waals surface area (Å²) in [6.45, 7) is 2.74. The molecule has 0 saturated carbocycles. The maximum Gasteiger partial charge on any atom is 0.187 e. The van der Waals surface area contributed by atoms with E-state index in [0.29, 0.717) is 6.61 Å². The smallest absolute Gasteiger partial charge is 0.187 e. The Bertz CT molecular complexity index is 831. The van der Waals surface area contributed by atoms with Crippen LogP contribution in [0.4, 0.5) is 0 Å². The van der Waals surface area contributed by atoms with Gasteiger partial charge in [-0.2, -0.15) is 0 Å². The van der Waals surface area contributed by atoms with Crippen molar-refractivity contribution < 1.29 is 4.74 Å². The van der Waals surface area contributed by atoms with Gasteiger partial charge in [0.25, 0.3) is 0 Å². The lowest BCUT2D eigenvalue weighted by molar-refractivity contribution is 0.225. The SMILES string of the molecule is CCSc1ncc(-c2nccn2[C@@H]2COc3ccccc3C2)cn1. The average Bonchev–Trinajstić information content (AvgIpc) is 3.12. The number of hydrogen-bond donors (Lipinski definition) is 0. The van der Waals surface area contributed by atoms with E-state index in [1.165, 1.54) is 5.56 Å². The fourth-order valence-electron chi connectivity index (χ4n) is 2.96. The van der Waals surface area contributed by atoms with Crippen molar-refractivity contribution in [3.05, 3.63) is 54.6 Å². The summed E-state index contributed by atoms with van der Waals surface area (Å²) in [4.78, 5) is 13.3. The number of fused-ring (bicyclic) bond motifs is 1. The van der Waals surface area contributed by atoms with E-state index in [4.69, 9.17) is 4.74 Å². The average molecular weight is 338 g/mol. The summed E-state index contributed by atoms with van der Waals surface area (Å²) in [6, 6.07) is 8.44. The predicted octanol–water partition coefficient (Wildman–Crippen LogP) is 3.63. The van der Waals surface area contributed by atoms with Gasteiger partial charge in [0.15, 0.2) is 5.16 Å². The van der Waals surface area contributed by atoms with Crippen LogP contribution in [0, 0.1) is 0 Å². The Hall–Kier alpha value is -2.34. The largest absolute Gasteiger partial charge is 0.491 e. The first-order valence-electron chi connectivity index (χ1n) is 8.04. The van der Waals surface area contributed by atoms with Gasteiger partial charge in [-0.15, -0.1) is 0 Å². The van der Waals surface area contributed by atoms with Gasteiger partial charge in [-0.1, -0.05) is 36.9 Å². The normalized spacial score (nSPS) is 16.5. The molecule has 0 radical (unpaired) electrons. The number of ether oxygens (including phenoxy) is 1. The monoisotopic (exact) mass is 338 g/mol. The molecular weight excluding hydrogens is 320 g/mol. The van der Waals surface area contributed by atoms with Crippen LogP contribution in [0.5, 0.6) is 5.75 Å². The zero-order valence-electron chi connectivity index (χ0n) is 13.4. The molecule has 1 atom stereocenters. The van der Waals surface area contributed by atoms with Crippen molar-refractivity contribution in [2.24, 2.45) is 0 Å². The van der Waals surface area contributed by atoms with E-state index >= 15 is 0 Å². The second-order valence-electron chi connectivity index (χ2n) is 5.62. The van der Waals surface area contributed by atoms with Crippen LogP contribution in [0.25, 0.3) is 11.4 Å². The molecule has 0 N–H and O–H groups in total. The first kappa shape index (κ1) is 15.2. The van der Waals surface area contributed by atoms with E-state index in [0.717, 1.165) is 34.5 Å². The Kier molecular flexibility index (Phi) is 4.21. The molecule has 1 aliphatic rings.